The van der Waals surface area contributed by atoms with Crippen molar-refractivity contribution in [2.75, 3.05) is 5.32 Å². The number of hydrogen-bond donors (Lipinski definition) is 1. The minimum absolute atomic E-state index is 0.0774. The summed E-state index contributed by atoms with van der Waals surface area (Å²) in [6.45, 7) is 0.326. The van der Waals surface area contributed by atoms with E-state index in [-0.39, 0.29) is 10.8 Å². The normalized spacial score (nSPS) is 10.4. The van der Waals surface area contributed by atoms with E-state index < -0.39 is 5.82 Å². The molecule has 0 aliphatic rings. The van der Waals surface area contributed by atoms with Gasteiger partial charge in [0.2, 0.25) is 0 Å². The van der Waals surface area contributed by atoms with Gasteiger partial charge >= 0.3 is 0 Å². The summed E-state index contributed by atoms with van der Waals surface area (Å²) in [5.74, 6) is -0.842. The zero-order valence-corrected chi connectivity index (χ0v) is 11.5. The van der Waals surface area contributed by atoms with Crippen molar-refractivity contribution >= 4 is 33.2 Å². The molecule has 5 heteroatoms. The molecule has 0 aliphatic carbocycles. The zero-order chi connectivity index (χ0) is 13.1. The molecule has 1 N–H and O–H groups in total. The van der Waals surface area contributed by atoms with E-state index in [1.54, 1.807) is 18.2 Å². The van der Waals surface area contributed by atoms with Crippen LogP contribution in [0.5, 0.6) is 0 Å². The molecule has 18 heavy (non-hydrogen) atoms. The van der Waals surface area contributed by atoms with Crippen LogP contribution in [0.2, 0.25) is 5.02 Å². The first kappa shape index (κ1) is 13.3. The highest BCUT2D eigenvalue weighted by Crippen LogP contribution is 2.21. The predicted octanol–water partition coefficient (Wildman–Crippen LogP) is 4.99. The average molecular weight is 333 g/mol. The lowest BCUT2D eigenvalue weighted by atomic mass is 10.2. The summed E-state index contributed by atoms with van der Waals surface area (Å²) in [7, 11) is 0. The molecule has 0 fully saturated rings. The van der Waals surface area contributed by atoms with Gasteiger partial charge in [0.1, 0.15) is 11.6 Å². The molecule has 0 unspecified atom stereocenters. The van der Waals surface area contributed by atoms with Gasteiger partial charge in [-0.15, -0.1) is 0 Å². The van der Waals surface area contributed by atoms with Crippen LogP contribution in [0.15, 0.2) is 40.9 Å². The van der Waals surface area contributed by atoms with Gasteiger partial charge in [0.05, 0.1) is 10.7 Å². The third-order valence-electron chi connectivity index (χ3n) is 2.40. The van der Waals surface area contributed by atoms with Gasteiger partial charge in [-0.05, 0) is 35.9 Å². The first-order valence-electron chi connectivity index (χ1n) is 5.19. The van der Waals surface area contributed by atoms with Crippen LogP contribution in [0.1, 0.15) is 5.56 Å². The van der Waals surface area contributed by atoms with Crippen LogP contribution < -0.4 is 5.32 Å². The molecule has 0 amide bonds. The lowest BCUT2D eigenvalue weighted by Gasteiger charge is -2.08. The van der Waals surface area contributed by atoms with Crippen molar-refractivity contribution in [3.63, 3.8) is 0 Å². The van der Waals surface area contributed by atoms with E-state index in [1.165, 1.54) is 18.2 Å². The lowest BCUT2D eigenvalue weighted by molar-refractivity contribution is 0.625. The molecular formula is C13H9BrClF2N. The summed E-state index contributed by atoms with van der Waals surface area (Å²) >= 11 is 8.76. The number of benzene rings is 2. The Morgan fingerprint density at radius 2 is 1.83 bits per heavy atom. The molecule has 1 nitrogen and oxygen atoms in total. The van der Waals surface area contributed by atoms with Crippen molar-refractivity contribution < 1.29 is 8.78 Å². The smallest absolute Gasteiger partial charge is 0.147 e. The Balaban J connectivity index is 2.09. The first-order valence-corrected chi connectivity index (χ1v) is 6.36. The number of halogens is 4. The number of anilines is 1. The fourth-order valence-corrected chi connectivity index (χ4v) is 1.93. The van der Waals surface area contributed by atoms with E-state index in [2.05, 4.69) is 21.2 Å². The molecule has 0 heterocycles. The third-order valence-corrected chi connectivity index (χ3v) is 3.20. The average Bonchev–Trinajstić information content (AvgIpc) is 2.32. The van der Waals surface area contributed by atoms with Crippen molar-refractivity contribution in [2.24, 2.45) is 0 Å². The standard InChI is InChI=1S/C13H9BrClF2N/c14-9-2-4-13(12(17)6-9)18-7-8-1-3-10(15)11(16)5-8/h1-6,18H,7H2. The number of rotatable bonds is 3. The van der Waals surface area contributed by atoms with Crippen molar-refractivity contribution in [2.45, 2.75) is 6.54 Å². The molecule has 0 saturated heterocycles. The van der Waals surface area contributed by atoms with Crippen LogP contribution in [0.3, 0.4) is 0 Å². The van der Waals surface area contributed by atoms with E-state index in [0.29, 0.717) is 22.3 Å². The second-order valence-electron chi connectivity index (χ2n) is 3.73. The van der Waals surface area contributed by atoms with Crippen LogP contribution in [0.25, 0.3) is 0 Å². The highest BCUT2D eigenvalue weighted by Gasteiger charge is 2.04. The molecule has 2 aromatic rings. The van der Waals surface area contributed by atoms with Crippen LogP contribution in [-0.2, 0) is 6.54 Å². The molecular weight excluding hydrogens is 324 g/mol. The summed E-state index contributed by atoms with van der Waals surface area (Å²) < 4.78 is 27.4. The molecule has 94 valence electrons. The van der Waals surface area contributed by atoms with Gasteiger partial charge < -0.3 is 5.32 Å². The zero-order valence-electron chi connectivity index (χ0n) is 9.18. The van der Waals surface area contributed by atoms with Gasteiger partial charge in [-0.1, -0.05) is 33.6 Å². The fraction of sp³-hybridized carbons (Fsp3) is 0.0769. The molecule has 2 aromatic carbocycles. The Kier molecular flexibility index (Phi) is 4.19. The third kappa shape index (κ3) is 3.21. The lowest BCUT2D eigenvalue weighted by Crippen LogP contribution is -2.01. The van der Waals surface area contributed by atoms with Crippen molar-refractivity contribution in [1.29, 1.82) is 0 Å². The van der Waals surface area contributed by atoms with Gasteiger partial charge in [-0.25, -0.2) is 8.78 Å². The predicted molar refractivity (Wildman–Crippen MR) is 72.8 cm³/mol. The van der Waals surface area contributed by atoms with E-state index >= 15 is 0 Å². The second kappa shape index (κ2) is 5.67. The van der Waals surface area contributed by atoms with Crippen molar-refractivity contribution in [1.82, 2.24) is 0 Å². The molecule has 2 rings (SSSR count). The summed E-state index contributed by atoms with van der Waals surface area (Å²) in [4.78, 5) is 0. The summed E-state index contributed by atoms with van der Waals surface area (Å²) in [5, 5.41) is 2.97. The van der Waals surface area contributed by atoms with Crippen molar-refractivity contribution in [3.05, 3.63) is 63.1 Å². The Bertz CT molecular complexity index is 575. The maximum absolute atomic E-state index is 13.5. The van der Waals surface area contributed by atoms with E-state index in [1.807, 2.05) is 0 Å². The maximum atomic E-state index is 13.5. The van der Waals surface area contributed by atoms with Crippen LogP contribution in [0, 0.1) is 11.6 Å². The quantitative estimate of drug-likeness (QED) is 0.834. The highest BCUT2D eigenvalue weighted by molar-refractivity contribution is 9.10. The van der Waals surface area contributed by atoms with Crippen LogP contribution in [0.4, 0.5) is 14.5 Å². The largest absolute Gasteiger partial charge is 0.379 e. The monoisotopic (exact) mass is 331 g/mol. The molecule has 0 atom stereocenters. The van der Waals surface area contributed by atoms with Gasteiger partial charge in [-0.3, -0.25) is 0 Å². The van der Waals surface area contributed by atoms with E-state index in [4.69, 9.17) is 11.6 Å². The minimum atomic E-state index is -0.479. The molecule has 0 aliphatic heterocycles. The number of nitrogens with one attached hydrogen (secondary N) is 1. The maximum Gasteiger partial charge on any atom is 0.147 e. The SMILES string of the molecule is Fc1cc(CNc2ccc(Br)cc2F)ccc1Cl. The van der Waals surface area contributed by atoms with E-state index in [9.17, 15) is 8.78 Å². The molecule has 0 radical (unpaired) electrons. The van der Waals surface area contributed by atoms with E-state index in [0.717, 1.165) is 0 Å². The summed E-state index contributed by atoms with van der Waals surface area (Å²) in [5.41, 5.74) is 1.06. The molecule has 0 bridgehead atoms. The molecule has 0 aromatic heterocycles. The van der Waals surface area contributed by atoms with Gasteiger partial charge in [0, 0.05) is 11.0 Å². The van der Waals surface area contributed by atoms with Crippen LogP contribution in [-0.4, -0.2) is 0 Å². The summed E-state index contributed by atoms with van der Waals surface area (Å²) in [6, 6.07) is 9.21. The number of hydrogen-bond acceptors (Lipinski definition) is 1. The Hall–Kier alpha value is -1.13. The van der Waals surface area contributed by atoms with Gasteiger partial charge in [0.15, 0.2) is 0 Å². The minimum Gasteiger partial charge on any atom is -0.379 e. The van der Waals surface area contributed by atoms with Crippen LogP contribution >= 0.6 is 27.5 Å². The summed E-state index contributed by atoms with van der Waals surface area (Å²) in [6.07, 6.45) is 0. The molecule has 0 saturated carbocycles. The van der Waals surface area contributed by atoms with Crippen molar-refractivity contribution in [3.8, 4) is 0 Å². The molecule has 0 spiro atoms. The highest BCUT2D eigenvalue weighted by atomic mass is 79.9. The Morgan fingerprint density at radius 1 is 1.06 bits per heavy atom. The van der Waals surface area contributed by atoms with Gasteiger partial charge in [-0.2, -0.15) is 0 Å². The topological polar surface area (TPSA) is 12.0 Å². The first-order chi connectivity index (χ1) is 8.56. The Labute approximate surface area is 117 Å². The van der Waals surface area contributed by atoms with Gasteiger partial charge in [0.25, 0.3) is 0 Å². The fourth-order valence-electron chi connectivity index (χ4n) is 1.48. The Morgan fingerprint density at radius 3 is 2.50 bits per heavy atom. The second-order valence-corrected chi connectivity index (χ2v) is 5.05.